The molecule has 1 fully saturated rings. The number of likely N-dealkylation sites (tertiary alicyclic amines) is 1. The maximum atomic E-state index is 12.7. The lowest BCUT2D eigenvalue weighted by Crippen LogP contribution is -2.42. The van der Waals surface area contributed by atoms with Gasteiger partial charge >= 0.3 is 0 Å². The number of carbonyl (C=O) groups is 2. The quantitative estimate of drug-likeness (QED) is 0.637. The average Bonchev–Trinajstić information content (AvgIpc) is 3.21. The van der Waals surface area contributed by atoms with Crippen LogP contribution in [0.2, 0.25) is 0 Å². The van der Waals surface area contributed by atoms with Crippen LogP contribution in [0.3, 0.4) is 0 Å². The molecule has 0 spiro atoms. The van der Waals surface area contributed by atoms with Crippen LogP contribution in [-0.2, 0) is 19.9 Å². The molecule has 170 valence electrons. The summed E-state index contributed by atoms with van der Waals surface area (Å²) in [6.45, 7) is 1.38. The lowest BCUT2D eigenvalue weighted by atomic mass is 9.93. The number of anilines is 1. The number of rotatable bonds is 4. The molecule has 5 rings (SSSR count). The van der Waals surface area contributed by atoms with Gasteiger partial charge in [-0.3, -0.25) is 14.3 Å². The fourth-order valence-corrected chi connectivity index (χ4v) is 4.70. The summed E-state index contributed by atoms with van der Waals surface area (Å²) in [6, 6.07) is 9.60. The number of carbonyl (C=O) groups excluding carboxylic acids is 2. The standard InChI is InChI=1S/C24H27N7O2/c1-25-22(32)20-18-9-8-16-14-26-24(28-19(16)21(18)30(2)29-20)27-17-10-12-31(13-11-17)23(33)15-6-4-3-5-7-15/h3-7,14,17H,8-13H2,1-2H3,(H,25,32)(H,26,27,28). The van der Waals surface area contributed by atoms with Gasteiger partial charge in [0, 0.05) is 50.6 Å². The van der Waals surface area contributed by atoms with E-state index < -0.39 is 0 Å². The van der Waals surface area contributed by atoms with Gasteiger partial charge in [-0.25, -0.2) is 9.97 Å². The first kappa shape index (κ1) is 21.1. The number of amides is 2. The zero-order valence-electron chi connectivity index (χ0n) is 18.8. The molecular formula is C24H27N7O2. The highest BCUT2D eigenvalue weighted by molar-refractivity contribution is 5.96. The number of nitrogens with one attached hydrogen (secondary N) is 2. The van der Waals surface area contributed by atoms with Gasteiger partial charge < -0.3 is 15.5 Å². The Morgan fingerprint density at radius 2 is 1.85 bits per heavy atom. The number of hydrogen-bond donors (Lipinski definition) is 2. The van der Waals surface area contributed by atoms with Gasteiger partial charge in [0.1, 0.15) is 0 Å². The number of fused-ring (bicyclic) bond motifs is 3. The van der Waals surface area contributed by atoms with E-state index in [0.717, 1.165) is 53.8 Å². The summed E-state index contributed by atoms with van der Waals surface area (Å²) >= 11 is 0. The van der Waals surface area contributed by atoms with Gasteiger partial charge in [0.25, 0.3) is 11.8 Å². The molecule has 2 amide bonds. The van der Waals surface area contributed by atoms with E-state index in [1.807, 2.05) is 48.5 Å². The van der Waals surface area contributed by atoms with Crippen LogP contribution >= 0.6 is 0 Å². The minimum Gasteiger partial charge on any atom is -0.354 e. The zero-order valence-corrected chi connectivity index (χ0v) is 18.8. The second-order valence-corrected chi connectivity index (χ2v) is 8.52. The third-order valence-electron chi connectivity index (χ3n) is 6.46. The summed E-state index contributed by atoms with van der Waals surface area (Å²) in [5.74, 6) is 0.464. The Hall–Kier alpha value is -3.75. The zero-order chi connectivity index (χ0) is 22.9. The summed E-state index contributed by atoms with van der Waals surface area (Å²) in [5, 5.41) is 10.6. The van der Waals surface area contributed by atoms with Crippen molar-refractivity contribution < 1.29 is 9.59 Å². The largest absolute Gasteiger partial charge is 0.354 e. The number of aryl methyl sites for hydroxylation is 2. The van der Waals surface area contributed by atoms with Crippen LogP contribution in [0, 0.1) is 0 Å². The number of hydrogen-bond acceptors (Lipinski definition) is 6. The number of nitrogens with zero attached hydrogens (tertiary/aromatic N) is 5. The minimum absolute atomic E-state index is 0.0785. The maximum absolute atomic E-state index is 12.7. The van der Waals surface area contributed by atoms with Crippen molar-refractivity contribution in [1.29, 1.82) is 0 Å². The molecule has 1 aliphatic heterocycles. The van der Waals surface area contributed by atoms with Crippen LogP contribution in [0.4, 0.5) is 5.95 Å². The van der Waals surface area contributed by atoms with Crippen molar-refractivity contribution in [3.05, 3.63) is 58.9 Å². The van der Waals surface area contributed by atoms with Crippen molar-refractivity contribution in [3.8, 4) is 11.4 Å². The van der Waals surface area contributed by atoms with E-state index in [1.54, 1.807) is 11.7 Å². The molecule has 2 N–H and O–H groups in total. The van der Waals surface area contributed by atoms with Gasteiger partial charge in [-0.15, -0.1) is 0 Å². The smallest absolute Gasteiger partial charge is 0.271 e. The third-order valence-corrected chi connectivity index (χ3v) is 6.46. The van der Waals surface area contributed by atoms with E-state index in [1.165, 1.54) is 0 Å². The molecular weight excluding hydrogens is 418 g/mol. The van der Waals surface area contributed by atoms with Crippen molar-refractivity contribution in [2.75, 3.05) is 25.5 Å². The fraction of sp³-hybridized carbons (Fsp3) is 0.375. The normalized spacial score (nSPS) is 15.5. The second-order valence-electron chi connectivity index (χ2n) is 8.52. The summed E-state index contributed by atoms with van der Waals surface area (Å²) in [6.07, 6.45) is 5.04. The molecule has 0 bridgehead atoms. The van der Waals surface area contributed by atoms with Crippen molar-refractivity contribution in [1.82, 2.24) is 30.0 Å². The first-order chi connectivity index (χ1) is 16.0. The van der Waals surface area contributed by atoms with Crippen LogP contribution in [0.15, 0.2) is 36.5 Å². The maximum Gasteiger partial charge on any atom is 0.271 e. The van der Waals surface area contributed by atoms with Gasteiger partial charge in [0.15, 0.2) is 5.69 Å². The van der Waals surface area contributed by atoms with E-state index in [9.17, 15) is 9.59 Å². The first-order valence-corrected chi connectivity index (χ1v) is 11.3. The van der Waals surface area contributed by atoms with E-state index in [-0.39, 0.29) is 17.9 Å². The van der Waals surface area contributed by atoms with Gasteiger partial charge in [-0.2, -0.15) is 5.10 Å². The Balaban J connectivity index is 1.30. The summed E-state index contributed by atoms with van der Waals surface area (Å²) < 4.78 is 1.74. The fourth-order valence-electron chi connectivity index (χ4n) is 4.70. The Labute approximate surface area is 192 Å². The molecule has 1 saturated heterocycles. The molecule has 9 heteroatoms. The third kappa shape index (κ3) is 3.94. The van der Waals surface area contributed by atoms with Crippen LogP contribution in [0.25, 0.3) is 11.4 Å². The van der Waals surface area contributed by atoms with Gasteiger partial charge in [0.05, 0.1) is 11.4 Å². The van der Waals surface area contributed by atoms with E-state index >= 15 is 0 Å². The van der Waals surface area contributed by atoms with Crippen LogP contribution in [0.1, 0.15) is 44.8 Å². The molecule has 9 nitrogen and oxygen atoms in total. The molecule has 0 radical (unpaired) electrons. The van der Waals surface area contributed by atoms with Crippen LogP contribution in [-0.4, -0.2) is 62.6 Å². The van der Waals surface area contributed by atoms with Crippen LogP contribution in [0.5, 0.6) is 0 Å². The van der Waals surface area contributed by atoms with Crippen molar-refractivity contribution in [3.63, 3.8) is 0 Å². The van der Waals surface area contributed by atoms with Gasteiger partial charge in [-0.05, 0) is 43.4 Å². The Bertz CT molecular complexity index is 1200. The summed E-state index contributed by atoms with van der Waals surface area (Å²) in [5.41, 5.74) is 4.89. The molecule has 0 saturated carbocycles. The lowest BCUT2D eigenvalue weighted by molar-refractivity contribution is 0.0718. The summed E-state index contributed by atoms with van der Waals surface area (Å²) in [7, 11) is 3.46. The molecule has 2 aromatic heterocycles. The predicted molar refractivity (Wildman–Crippen MR) is 124 cm³/mol. The van der Waals surface area contributed by atoms with Gasteiger partial charge in [0.2, 0.25) is 5.95 Å². The van der Waals surface area contributed by atoms with E-state index in [4.69, 9.17) is 4.98 Å². The van der Waals surface area contributed by atoms with E-state index in [2.05, 4.69) is 20.7 Å². The predicted octanol–water partition coefficient (Wildman–Crippen LogP) is 2.05. The van der Waals surface area contributed by atoms with Crippen LogP contribution < -0.4 is 10.6 Å². The molecule has 0 atom stereocenters. The SMILES string of the molecule is CNC(=O)c1nn(C)c2c1CCc1cnc(NC3CCN(C(=O)c4ccccc4)CC3)nc1-2. The monoisotopic (exact) mass is 445 g/mol. The van der Waals surface area contributed by atoms with E-state index in [0.29, 0.717) is 24.7 Å². The molecule has 3 aromatic rings. The molecule has 2 aliphatic rings. The summed E-state index contributed by atoms with van der Waals surface area (Å²) in [4.78, 5) is 36.2. The number of piperidine rings is 1. The molecule has 3 heterocycles. The molecule has 0 unspecified atom stereocenters. The van der Waals surface area contributed by atoms with Gasteiger partial charge in [-0.1, -0.05) is 18.2 Å². The second kappa shape index (κ2) is 8.65. The highest BCUT2D eigenvalue weighted by Gasteiger charge is 2.29. The highest BCUT2D eigenvalue weighted by Crippen LogP contribution is 2.34. The Morgan fingerprint density at radius 3 is 2.58 bits per heavy atom. The molecule has 1 aliphatic carbocycles. The topological polar surface area (TPSA) is 105 Å². The first-order valence-electron chi connectivity index (χ1n) is 11.3. The van der Waals surface area contributed by atoms with Crippen molar-refractivity contribution in [2.24, 2.45) is 7.05 Å². The lowest BCUT2D eigenvalue weighted by Gasteiger charge is -2.32. The average molecular weight is 446 g/mol. The Kier molecular flexibility index (Phi) is 5.53. The number of aromatic nitrogens is 4. The number of benzene rings is 1. The minimum atomic E-state index is -0.181. The van der Waals surface area contributed by atoms with Crippen molar-refractivity contribution in [2.45, 2.75) is 31.7 Å². The van der Waals surface area contributed by atoms with Crippen molar-refractivity contribution >= 4 is 17.8 Å². The molecule has 33 heavy (non-hydrogen) atoms. The Morgan fingerprint density at radius 1 is 1.09 bits per heavy atom. The molecule has 1 aromatic carbocycles. The highest BCUT2D eigenvalue weighted by atomic mass is 16.2.